The predicted octanol–water partition coefficient (Wildman–Crippen LogP) is 3.31. The number of nitrogens with zero attached hydrogens (tertiary/aromatic N) is 4. The summed E-state index contributed by atoms with van der Waals surface area (Å²) in [6.07, 6.45) is 0. The highest BCUT2D eigenvalue weighted by atomic mass is 16.5. The lowest BCUT2D eigenvalue weighted by molar-refractivity contribution is -0.113. The number of hydrogen-bond donors (Lipinski definition) is 2. The van der Waals surface area contributed by atoms with Gasteiger partial charge in [0, 0.05) is 11.4 Å². The van der Waals surface area contributed by atoms with Gasteiger partial charge in [0.05, 0.1) is 12.2 Å². The summed E-state index contributed by atoms with van der Waals surface area (Å²) < 4.78 is 7.16. The van der Waals surface area contributed by atoms with Crippen LogP contribution < -0.4 is 15.4 Å². The van der Waals surface area contributed by atoms with Gasteiger partial charge in [-0.1, -0.05) is 29.4 Å². The first kappa shape index (κ1) is 18.7. The topological polar surface area (TPSA) is 94.0 Å². The number of benzene rings is 2. The molecule has 0 aliphatic carbocycles. The molecule has 29 heavy (non-hydrogen) atoms. The highest BCUT2D eigenvalue weighted by Crippen LogP contribution is 2.35. The summed E-state index contributed by atoms with van der Waals surface area (Å²) in [7, 11) is 0. The van der Waals surface area contributed by atoms with Crippen molar-refractivity contribution in [2.75, 3.05) is 17.2 Å². The van der Waals surface area contributed by atoms with Gasteiger partial charge in [-0.15, -0.1) is 0 Å². The fraction of sp³-hybridized carbons (Fsp3) is 0.238. The second-order valence-corrected chi connectivity index (χ2v) is 6.84. The van der Waals surface area contributed by atoms with Crippen molar-refractivity contribution in [1.82, 2.24) is 20.2 Å². The molecule has 1 aromatic heterocycles. The summed E-state index contributed by atoms with van der Waals surface area (Å²) >= 11 is 0. The molecule has 0 saturated heterocycles. The first-order valence-electron chi connectivity index (χ1n) is 9.43. The molecule has 1 unspecified atom stereocenters. The lowest BCUT2D eigenvalue weighted by atomic mass is 9.95. The van der Waals surface area contributed by atoms with E-state index in [1.165, 1.54) is 0 Å². The molecule has 2 heterocycles. The summed E-state index contributed by atoms with van der Waals surface area (Å²) in [5, 5.41) is 18.0. The summed E-state index contributed by atoms with van der Waals surface area (Å²) in [4.78, 5) is 13.3. The van der Waals surface area contributed by atoms with Gasteiger partial charge in [0.2, 0.25) is 5.95 Å². The largest absolute Gasteiger partial charge is 0.494 e. The Morgan fingerprint density at radius 3 is 2.72 bits per heavy atom. The number of rotatable bonds is 5. The molecule has 2 N–H and O–H groups in total. The van der Waals surface area contributed by atoms with Crippen molar-refractivity contribution >= 4 is 17.5 Å². The molecule has 148 valence electrons. The summed E-state index contributed by atoms with van der Waals surface area (Å²) in [5.41, 5.74) is 3.95. The Morgan fingerprint density at radius 2 is 2.00 bits per heavy atom. The molecule has 1 atom stereocenters. The number of carbonyl (C=O) groups is 1. The van der Waals surface area contributed by atoms with Crippen LogP contribution in [0.4, 0.5) is 11.6 Å². The standard InChI is InChI=1S/C21H22N6O2/c1-4-29-17-10-8-15(9-11-17)19-18(14(3)22-21-24-25-26-27(19)21)20(28)23-16-7-5-6-13(2)12-16/h5-12,19H,4H2,1-3H3,(H,23,28)(H,22,24,26). The third-order valence-corrected chi connectivity index (χ3v) is 4.74. The zero-order valence-corrected chi connectivity index (χ0v) is 16.5. The highest BCUT2D eigenvalue weighted by molar-refractivity contribution is 6.06. The molecule has 0 radical (unpaired) electrons. The zero-order valence-electron chi connectivity index (χ0n) is 16.5. The van der Waals surface area contributed by atoms with Gasteiger partial charge < -0.3 is 15.4 Å². The second kappa shape index (κ2) is 7.75. The molecule has 0 bridgehead atoms. The normalized spacial score (nSPS) is 15.5. The van der Waals surface area contributed by atoms with Crippen LogP contribution >= 0.6 is 0 Å². The van der Waals surface area contributed by atoms with Gasteiger partial charge in [0.25, 0.3) is 5.91 Å². The number of amides is 1. The molecular formula is C21H22N6O2. The van der Waals surface area contributed by atoms with E-state index in [0.29, 0.717) is 23.8 Å². The van der Waals surface area contributed by atoms with Gasteiger partial charge in [-0.25, -0.2) is 0 Å². The smallest absolute Gasteiger partial charge is 0.255 e. The van der Waals surface area contributed by atoms with Crippen LogP contribution in [0.5, 0.6) is 5.75 Å². The van der Waals surface area contributed by atoms with E-state index in [9.17, 15) is 4.79 Å². The van der Waals surface area contributed by atoms with Gasteiger partial charge >= 0.3 is 0 Å². The molecule has 1 amide bonds. The summed E-state index contributed by atoms with van der Waals surface area (Å²) in [5.74, 6) is 1.06. The fourth-order valence-corrected chi connectivity index (χ4v) is 3.45. The van der Waals surface area contributed by atoms with E-state index < -0.39 is 6.04 Å². The van der Waals surface area contributed by atoms with Crippen LogP contribution in [0.15, 0.2) is 59.8 Å². The van der Waals surface area contributed by atoms with Gasteiger partial charge in [0.1, 0.15) is 11.8 Å². The van der Waals surface area contributed by atoms with Crippen molar-refractivity contribution in [3.05, 3.63) is 70.9 Å². The molecule has 1 aliphatic heterocycles. The molecule has 0 saturated carbocycles. The molecule has 4 rings (SSSR count). The van der Waals surface area contributed by atoms with Crippen LogP contribution in [0.1, 0.15) is 31.0 Å². The Kier molecular flexibility index (Phi) is 4.99. The van der Waals surface area contributed by atoms with Crippen molar-refractivity contribution in [2.24, 2.45) is 0 Å². The van der Waals surface area contributed by atoms with E-state index in [0.717, 1.165) is 22.6 Å². The average Bonchev–Trinajstić information content (AvgIpc) is 3.16. The number of hydrogen-bond acceptors (Lipinski definition) is 6. The maximum Gasteiger partial charge on any atom is 0.255 e. The SMILES string of the molecule is CCOc1ccc(C2C(C(=O)Nc3cccc(C)c3)=C(C)Nc3nnnn32)cc1. The first-order valence-corrected chi connectivity index (χ1v) is 9.43. The third-order valence-electron chi connectivity index (χ3n) is 4.74. The minimum Gasteiger partial charge on any atom is -0.494 e. The van der Waals surface area contributed by atoms with E-state index >= 15 is 0 Å². The number of carbonyl (C=O) groups excluding carboxylic acids is 1. The second-order valence-electron chi connectivity index (χ2n) is 6.84. The zero-order chi connectivity index (χ0) is 20.4. The van der Waals surface area contributed by atoms with Gasteiger partial charge in [0.15, 0.2) is 0 Å². The minimum absolute atomic E-state index is 0.208. The minimum atomic E-state index is -0.457. The quantitative estimate of drug-likeness (QED) is 0.694. The predicted molar refractivity (Wildman–Crippen MR) is 110 cm³/mol. The van der Waals surface area contributed by atoms with Crippen LogP contribution in [-0.2, 0) is 4.79 Å². The number of ether oxygens (including phenoxy) is 1. The lowest BCUT2D eigenvalue weighted by Crippen LogP contribution is -2.31. The van der Waals surface area contributed by atoms with Crippen molar-refractivity contribution in [1.29, 1.82) is 0 Å². The van der Waals surface area contributed by atoms with Gasteiger partial charge in [-0.2, -0.15) is 4.68 Å². The van der Waals surface area contributed by atoms with E-state index in [1.807, 2.05) is 69.3 Å². The molecule has 2 aromatic carbocycles. The number of allylic oxidation sites excluding steroid dienone is 1. The van der Waals surface area contributed by atoms with Gasteiger partial charge in [-0.3, -0.25) is 4.79 Å². The van der Waals surface area contributed by atoms with Gasteiger partial charge in [-0.05, 0) is 66.6 Å². The number of anilines is 2. The van der Waals surface area contributed by atoms with E-state index in [-0.39, 0.29) is 5.91 Å². The van der Waals surface area contributed by atoms with Crippen LogP contribution in [-0.4, -0.2) is 32.7 Å². The molecule has 3 aromatic rings. The third kappa shape index (κ3) is 3.69. The first-order chi connectivity index (χ1) is 14.1. The van der Waals surface area contributed by atoms with E-state index in [2.05, 4.69) is 26.2 Å². The average molecular weight is 390 g/mol. The Balaban J connectivity index is 1.72. The van der Waals surface area contributed by atoms with Crippen molar-refractivity contribution < 1.29 is 9.53 Å². The Bertz CT molecular complexity index is 1070. The van der Waals surface area contributed by atoms with Crippen LogP contribution in [0.3, 0.4) is 0 Å². The maximum absolute atomic E-state index is 13.3. The lowest BCUT2D eigenvalue weighted by Gasteiger charge is -2.28. The van der Waals surface area contributed by atoms with Crippen LogP contribution in [0.25, 0.3) is 0 Å². The van der Waals surface area contributed by atoms with Crippen LogP contribution in [0.2, 0.25) is 0 Å². The number of tetrazole rings is 1. The number of aromatic nitrogens is 4. The van der Waals surface area contributed by atoms with Crippen LogP contribution in [0, 0.1) is 6.92 Å². The Morgan fingerprint density at radius 1 is 1.21 bits per heavy atom. The Labute approximate surface area is 168 Å². The molecule has 0 fully saturated rings. The summed E-state index contributed by atoms with van der Waals surface area (Å²) in [6.45, 7) is 6.37. The van der Waals surface area contributed by atoms with E-state index in [4.69, 9.17) is 4.74 Å². The van der Waals surface area contributed by atoms with Crippen molar-refractivity contribution in [3.63, 3.8) is 0 Å². The monoisotopic (exact) mass is 390 g/mol. The van der Waals surface area contributed by atoms with Crippen molar-refractivity contribution in [2.45, 2.75) is 26.8 Å². The van der Waals surface area contributed by atoms with Crippen molar-refractivity contribution in [3.8, 4) is 5.75 Å². The van der Waals surface area contributed by atoms with E-state index in [1.54, 1.807) is 4.68 Å². The maximum atomic E-state index is 13.3. The highest BCUT2D eigenvalue weighted by Gasteiger charge is 2.34. The Hall–Kier alpha value is -3.68. The molecular weight excluding hydrogens is 368 g/mol. The number of nitrogens with one attached hydrogen (secondary N) is 2. The fourth-order valence-electron chi connectivity index (χ4n) is 3.45. The summed E-state index contributed by atoms with van der Waals surface area (Å²) in [6, 6.07) is 14.9. The number of aryl methyl sites for hydroxylation is 1. The molecule has 1 aliphatic rings. The molecule has 8 heteroatoms. The molecule has 8 nitrogen and oxygen atoms in total. The number of fused-ring (bicyclic) bond motifs is 1. The molecule has 0 spiro atoms.